The average Bonchev–Trinajstić information content (AvgIpc) is 2.31. The van der Waals surface area contributed by atoms with E-state index in [2.05, 4.69) is 11.8 Å². The number of nitrogens with zero attached hydrogens (tertiary/aromatic N) is 1. The quantitative estimate of drug-likeness (QED) is 0.844. The number of hydrogen-bond acceptors (Lipinski definition) is 2. The molecule has 88 valence electrons. The zero-order chi connectivity index (χ0) is 11.4. The van der Waals surface area contributed by atoms with Crippen molar-refractivity contribution in [1.82, 2.24) is 4.90 Å². The molecule has 2 nitrogen and oxygen atoms in total. The molecule has 1 aromatic rings. The van der Waals surface area contributed by atoms with E-state index >= 15 is 0 Å². The fourth-order valence-electron chi connectivity index (χ4n) is 2.44. The zero-order valence-corrected chi connectivity index (χ0v) is 10.0. The summed E-state index contributed by atoms with van der Waals surface area (Å²) < 4.78 is 0. The van der Waals surface area contributed by atoms with Gasteiger partial charge in [-0.15, -0.1) is 0 Å². The van der Waals surface area contributed by atoms with Crippen molar-refractivity contribution in [3.05, 3.63) is 29.8 Å². The first kappa shape index (κ1) is 11.5. The molecule has 0 aliphatic carbocycles. The van der Waals surface area contributed by atoms with Crippen molar-refractivity contribution in [2.45, 2.75) is 32.1 Å². The Morgan fingerprint density at radius 2 is 1.75 bits per heavy atom. The number of likely N-dealkylation sites (tertiary alicyclic amines) is 1. The largest absolute Gasteiger partial charge is 0.508 e. The molecule has 16 heavy (non-hydrogen) atoms. The van der Waals surface area contributed by atoms with E-state index in [-0.39, 0.29) is 0 Å². The molecule has 2 rings (SSSR count). The van der Waals surface area contributed by atoms with Gasteiger partial charge in [0.25, 0.3) is 0 Å². The normalized spacial score (nSPS) is 19.6. The maximum Gasteiger partial charge on any atom is 0.115 e. The Bertz CT molecular complexity index is 314. The first-order valence-corrected chi connectivity index (χ1v) is 6.27. The monoisotopic (exact) mass is 219 g/mol. The van der Waals surface area contributed by atoms with Crippen molar-refractivity contribution in [1.29, 1.82) is 0 Å². The third-order valence-corrected chi connectivity index (χ3v) is 3.44. The van der Waals surface area contributed by atoms with Crippen LogP contribution in [0.1, 0.15) is 37.7 Å². The number of aromatic hydroxyl groups is 1. The molecule has 0 spiro atoms. The molecule has 0 saturated carbocycles. The second-order valence-corrected chi connectivity index (χ2v) is 4.85. The zero-order valence-electron chi connectivity index (χ0n) is 10.0. The van der Waals surface area contributed by atoms with Gasteiger partial charge in [0.15, 0.2) is 0 Å². The van der Waals surface area contributed by atoms with Gasteiger partial charge in [0, 0.05) is 6.54 Å². The minimum Gasteiger partial charge on any atom is -0.508 e. The van der Waals surface area contributed by atoms with E-state index in [9.17, 15) is 5.11 Å². The highest BCUT2D eigenvalue weighted by Gasteiger charge is 2.14. The first-order chi connectivity index (χ1) is 7.75. The number of hydrogen-bond donors (Lipinski definition) is 1. The van der Waals surface area contributed by atoms with Gasteiger partial charge in [-0.1, -0.05) is 25.5 Å². The minimum atomic E-state index is 0.355. The summed E-state index contributed by atoms with van der Waals surface area (Å²) in [4.78, 5) is 2.56. The topological polar surface area (TPSA) is 23.5 Å². The maximum atomic E-state index is 9.25. The van der Waals surface area contributed by atoms with E-state index in [1.807, 2.05) is 12.1 Å². The van der Waals surface area contributed by atoms with Gasteiger partial charge >= 0.3 is 0 Å². The summed E-state index contributed by atoms with van der Waals surface area (Å²) >= 11 is 0. The van der Waals surface area contributed by atoms with Crippen LogP contribution in [0.25, 0.3) is 0 Å². The lowest BCUT2D eigenvalue weighted by atomic mass is 9.99. The standard InChI is InChI=1S/C14H21NO/c1-12(11-15-9-3-2-4-10-15)13-5-7-14(16)8-6-13/h5-8,12,16H,2-4,9-11H2,1H3. The fourth-order valence-corrected chi connectivity index (χ4v) is 2.44. The number of rotatable bonds is 3. The summed E-state index contributed by atoms with van der Waals surface area (Å²) in [7, 11) is 0. The summed E-state index contributed by atoms with van der Waals surface area (Å²) in [5, 5.41) is 9.25. The Morgan fingerprint density at radius 3 is 2.38 bits per heavy atom. The van der Waals surface area contributed by atoms with Gasteiger partial charge in [-0.25, -0.2) is 0 Å². The van der Waals surface area contributed by atoms with Crippen LogP contribution in [0.2, 0.25) is 0 Å². The molecule has 1 aromatic carbocycles. The highest BCUT2D eigenvalue weighted by atomic mass is 16.3. The van der Waals surface area contributed by atoms with Crippen LogP contribution in [0.3, 0.4) is 0 Å². The average molecular weight is 219 g/mol. The summed E-state index contributed by atoms with van der Waals surface area (Å²) in [5.41, 5.74) is 1.32. The molecule has 0 aromatic heterocycles. The van der Waals surface area contributed by atoms with Gasteiger partial charge < -0.3 is 10.0 Å². The first-order valence-electron chi connectivity index (χ1n) is 6.27. The molecule has 1 heterocycles. The van der Waals surface area contributed by atoms with Crippen LogP contribution < -0.4 is 0 Å². The van der Waals surface area contributed by atoms with Gasteiger partial charge in [0.05, 0.1) is 0 Å². The fraction of sp³-hybridized carbons (Fsp3) is 0.571. The Hall–Kier alpha value is -1.02. The summed E-state index contributed by atoms with van der Waals surface area (Å²) in [6.07, 6.45) is 4.09. The number of piperidine rings is 1. The molecule has 1 saturated heterocycles. The van der Waals surface area contributed by atoms with E-state index in [0.717, 1.165) is 6.54 Å². The molecule has 0 radical (unpaired) electrons. The number of phenolic OH excluding ortho intramolecular Hbond substituents is 1. The Morgan fingerprint density at radius 1 is 1.12 bits per heavy atom. The van der Waals surface area contributed by atoms with Crippen LogP contribution in [0.15, 0.2) is 24.3 Å². The lowest BCUT2D eigenvalue weighted by Crippen LogP contribution is -2.32. The third-order valence-electron chi connectivity index (χ3n) is 3.44. The third kappa shape index (κ3) is 2.99. The lowest BCUT2D eigenvalue weighted by Gasteiger charge is -2.29. The van der Waals surface area contributed by atoms with Crippen molar-refractivity contribution in [2.75, 3.05) is 19.6 Å². The van der Waals surface area contributed by atoms with Crippen LogP contribution >= 0.6 is 0 Å². The lowest BCUT2D eigenvalue weighted by molar-refractivity contribution is 0.219. The van der Waals surface area contributed by atoms with Crippen molar-refractivity contribution >= 4 is 0 Å². The predicted octanol–water partition coefficient (Wildman–Crippen LogP) is 2.98. The predicted molar refractivity (Wildman–Crippen MR) is 66.8 cm³/mol. The molecule has 1 fully saturated rings. The molecule has 1 aliphatic rings. The van der Waals surface area contributed by atoms with E-state index in [0.29, 0.717) is 11.7 Å². The molecule has 1 unspecified atom stereocenters. The summed E-state index contributed by atoms with van der Waals surface area (Å²) in [6.45, 7) is 5.91. The minimum absolute atomic E-state index is 0.355. The van der Waals surface area contributed by atoms with Crippen LogP contribution in [-0.4, -0.2) is 29.6 Å². The van der Waals surface area contributed by atoms with Gasteiger partial charge in [-0.3, -0.25) is 0 Å². The molecule has 1 atom stereocenters. The van der Waals surface area contributed by atoms with Crippen LogP contribution in [0.4, 0.5) is 0 Å². The highest BCUT2D eigenvalue weighted by molar-refractivity contribution is 5.28. The Kier molecular flexibility index (Phi) is 3.83. The second kappa shape index (κ2) is 5.35. The number of benzene rings is 1. The van der Waals surface area contributed by atoms with E-state index in [4.69, 9.17) is 0 Å². The Labute approximate surface area is 97.9 Å². The second-order valence-electron chi connectivity index (χ2n) is 4.85. The van der Waals surface area contributed by atoms with Crippen molar-refractivity contribution < 1.29 is 5.11 Å². The molecular formula is C14H21NO. The molecule has 1 aliphatic heterocycles. The summed E-state index contributed by atoms with van der Waals surface area (Å²) in [5.74, 6) is 0.910. The number of phenols is 1. The SMILES string of the molecule is CC(CN1CCCCC1)c1ccc(O)cc1. The van der Waals surface area contributed by atoms with Crippen LogP contribution in [0.5, 0.6) is 5.75 Å². The molecular weight excluding hydrogens is 198 g/mol. The van der Waals surface area contributed by atoms with Crippen molar-refractivity contribution in [2.24, 2.45) is 0 Å². The smallest absolute Gasteiger partial charge is 0.115 e. The van der Waals surface area contributed by atoms with Gasteiger partial charge in [-0.05, 0) is 49.5 Å². The van der Waals surface area contributed by atoms with Crippen molar-refractivity contribution in [3.63, 3.8) is 0 Å². The van der Waals surface area contributed by atoms with E-state index < -0.39 is 0 Å². The van der Waals surface area contributed by atoms with Crippen LogP contribution in [-0.2, 0) is 0 Å². The maximum absolute atomic E-state index is 9.25. The van der Waals surface area contributed by atoms with Gasteiger partial charge in [-0.2, -0.15) is 0 Å². The van der Waals surface area contributed by atoms with Gasteiger partial charge in [0.2, 0.25) is 0 Å². The van der Waals surface area contributed by atoms with E-state index in [1.54, 1.807) is 12.1 Å². The molecule has 2 heteroatoms. The van der Waals surface area contributed by atoms with Crippen molar-refractivity contribution in [3.8, 4) is 5.75 Å². The molecule has 0 amide bonds. The Balaban J connectivity index is 1.91. The van der Waals surface area contributed by atoms with Gasteiger partial charge in [0.1, 0.15) is 5.75 Å². The van der Waals surface area contributed by atoms with Crippen LogP contribution in [0, 0.1) is 0 Å². The summed E-state index contributed by atoms with van der Waals surface area (Å²) in [6, 6.07) is 7.62. The molecule has 1 N–H and O–H groups in total. The molecule has 0 bridgehead atoms. The van der Waals surface area contributed by atoms with E-state index in [1.165, 1.54) is 37.9 Å². The highest BCUT2D eigenvalue weighted by Crippen LogP contribution is 2.21.